The van der Waals surface area contributed by atoms with Gasteiger partial charge in [0.1, 0.15) is 11.4 Å². The molecule has 0 aliphatic carbocycles. The Morgan fingerprint density at radius 2 is 1.88 bits per heavy atom. The van der Waals surface area contributed by atoms with Gasteiger partial charge in [-0.1, -0.05) is 29.8 Å². The molecule has 0 radical (unpaired) electrons. The minimum Gasteiger partial charge on any atom is -0.444 e. The third-order valence-corrected chi connectivity index (χ3v) is 8.01. The minimum atomic E-state index is -0.435. The van der Waals surface area contributed by atoms with Crippen molar-refractivity contribution >= 4 is 41.0 Å². The van der Waals surface area contributed by atoms with Gasteiger partial charge in [-0.25, -0.2) is 9.78 Å². The molecule has 3 saturated heterocycles. The first-order valence-electron chi connectivity index (χ1n) is 12.2. The fraction of sp³-hybridized carbons (Fsp3) is 0.538. The molecular formula is C26H33ClN4O2S. The van der Waals surface area contributed by atoms with Crippen molar-refractivity contribution in [3.63, 3.8) is 0 Å². The van der Waals surface area contributed by atoms with Crippen molar-refractivity contribution in [1.82, 2.24) is 14.8 Å². The lowest BCUT2D eigenvalue weighted by molar-refractivity contribution is -0.0764. The van der Waals surface area contributed by atoms with Crippen molar-refractivity contribution in [2.45, 2.75) is 73.9 Å². The average molecular weight is 501 g/mol. The van der Waals surface area contributed by atoms with Gasteiger partial charge in [0.25, 0.3) is 0 Å². The average Bonchev–Trinajstić information content (AvgIpc) is 2.77. The van der Waals surface area contributed by atoms with Gasteiger partial charge in [0.05, 0.1) is 22.7 Å². The second-order valence-corrected chi connectivity index (χ2v) is 12.0. The number of benzene rings is 1. The number of carbonyl (C=O) groups is 1. The van der Waals surface area contributed by atoms with Gasteiger partial charge in [-0.05, 0) is 76.9 Å². The van der Waals surface area contributed by atoms with Crippen molar-refractivity contribution in [2.75, 3.05) is 31.1 Å². The van der Waals surface area contributed by atoms with Crippen molar-refractivity contribution < 1.29 is 9.53 Å². The van der Waals surface area contributed by atoms with E-state index in [1.54, 1.807) is 11.8 Å². The number of halogens is 1. The fourth-order valence-electron chi connectivity index (χ4n) is 5.19. The predicted octanol–water partition coefficient (Wildman–Crippen LogP) is 6.20. The summed E-state index contributed by atoms with van der Waals surface area (Å²) < 4.78 is 5.59. The van der Waals surface area contributed by atoms with Gasteiger partial charge >= 0.3 is 6.09 Å². The van der Waals surface area contributed by atoms with E-state index in [2.05, 4.69) is 33.0 Å². The Morgan fingerprint density at radius 3 is 2.65 bits per heavy atom. The SMILES string of the molecule is CC(C)(C)OC(=O)N1C2CC1CN(CCCCCN1c3cc(Cl)ccc3Sc3cccnc31)C2. The molecule has 4 aliphatic heterocycles. The van der Waals surface area contributed by atoms with E-state index in [0.717, 1.165) is 68.4 Å². The van der Waals surface area contributed by atoms with Crippen LogP contribution in [0.3, 0.4) is 0 Å². The molecule has 2 atom stereocenters. The molecule has 1 amide bonds. The van der Waals surface area contributed by atoms with Gasteiger partial charge in [0.15, 0.2) is 0 Å². The standard InChI is InChI=1S/C26H33ClN4O2S/c1-26(2,3)33-25(32)31-19-15-20(31)17-29(16-19)12-5-4-6-13-30-21-14-18(27)9-10-22(21)34-23-8-7-11-28-24(23)30/h7-11,14,19-20H,4-6,12-13,15-17H2,1-3H3. The van der Waals surface area contributed by atoms with E-state index in [0.29, 0.717) is 12.1 Å². The molecule has 5 heterocycles. The van der Waals surface area contributed by atoms with Gasteiger partial charge in [-0.3, -0.25) is 9.80 Å². The number of fused-ring (bicyclic) bond motifs is 4. The van der Waals surface area contributed by atoms with Crippen LogP contribution in [0.4, 0.5) is 16.3 Å². The van der Waals surface area contributed by atoms with Gasteiger partial charge in [-0.2, -0.15) is 0 Å². The van der Waals surface area contributed by atoms with Crippen LogP contribution in [0.1, 0.15) is 46.5 Å². The number of piperazine rings is 1. The number of aromatic nitrogens is 1. The topological polar surface area (TPSA) is 48.9 Å². The number of hydrogen-bond donors (Lipinski definition) is 0. The highest BCUT2D eigenvalue weighted by molar-refractivity contribution is 7.99. The molecule has 182 valence electrons. The van der Waals surface area contributed by atoms with Gasteiger partial charge in [-0.15, -0.1) is 0 Å². The first-order chi connectivity index (χ1) is 16.3. The third-order valence-electron chi connectivity index (χ3n) is 6.67. The lowest BCUT2D eigenvalue weighted by Crippen LogP contribution is -2.70. The Morgan fingerprint density at radius 1 is 1.12 bits per heavy atom. The molecule has 8 heteroatoms. The number of pyridine rings is 1. The van der Waals surface area contributed by atoms with E-state index in [4.69, 9.17) is 16.3 Å². The summed E-state index contributed by atoms with van der Waals surface area (Å²) in [4.78, 5) is 26.4. The van der Waals surface area contributed by atoms with Crippen LogP contribution in [0, 0.1) is 0 Å². The molecule has 2 bridgehead atoms. The van der Waals surface area contributed by atoms with Crippen LogP contribution in [-0.4, -0.2) is 64.7 Å². The number of amides is 1. The first-order valence-corrected chi connectivity index (χ1v) is 13.4. The number of anilines is 2. The molecule has 4 aliphatic rings. The molecule has 6 nitrogen and oxygen atoms in total. The molecule has 0 spiro atoms. The highest BCUT2D eigenvalue weighted by Gasteiger charge is 2.48. The quantitative estimate of drug-likeness (QED) is 0.440. The summed E-state index contributed by atoms with van der Waals surface area (Å²) >= 11 is 8.08. The van der Waals surface area contributed by atoms with Crippen LogP contribution in [0.25, 0.3) is 0 Å². The summed E-state index contributed by atoms with van der Waals surface area (Å²) in [7, 11) is 0. The Kier molecular flexibility index (Phi) is 6.70. The zero-order valence-electron chi connectivity index (χ0n) is 20.2. The van der Waals surface area contributed by atoms with E-state index in [9.17, 15) is 4.79 Å². The summed E-state index contributed by atoms with van der Waals surface area (Å²) in [5.74, 6) is 1.03. The number of hydrogen-bond acceptors (Lipinski definition) is 6. The van der Waals surface area contributed by atoms with Gasteiger partial charge in [0, 0.05) is 35.7 Å². The summed E-state index contributed by atoms with van der Waals surface area (Å²) in [5.41, 5.74) is 0.720. The Balaban J connectivity index is 1.10. The number of piperidine rings is 1. The maximum absolute atomic E-state index is 12.5. The van der Waals surface area contributed by atoms with Gasteiger partial charge < -0.3 is 9.64 Å². The minimum absolute atomic E-state index is 0.151. The molecule has 1 aromatic carbocycles. The van der Waals surface area contributed by atoms with E-state index in [-0.39, 0.29) is 6.09 Å². The number of ether oxygens (including phenoxy) is 1. The maximum Gasteiger partial charge on any atom is 0.410 e. The fourth-order valence-corrected chi connectivity index (χ4v) is 6.40. The Hall–Kier alpha value is -1.96. The summed E-state index contributed by atoms with van der Waals surface area (Å²) in [6.45, 7) is 9.72. The monoisotopic (exact) mass is 500 g/mol. The molecule has 1 aromatic heterocycles. The Bertz CT molecular complexity index is 1050. The van der Waals surface area contributed by atoms with Crippen LogP contribution < -0.4 is 4.90 Å². The molecule has 6 rings (SSSR count). The van der Waals surface area contributed by atoms with Crippen LogP contribution >= 0.6 is 23.4 Å². The van der Waals surface area contributed by atoms with Crippen molar-refractivity contribution in [1.29, 1.82) is 0 Å². The van der Waals surface area contributed by atoms with Gasteiger partial charge in [0.2, 0.25) is 0 Å². The largest absolute Gasteiger partial charge is 0.444 e. The van der Waals surface area contributed by atoms with E-state index in [1.165, 1.54) is 9.79 Å². The molecule has 2 aromatic rings. The highest BCUT2D eigenvalue weighted by Crippen LogP contribution is 2.47. The second-order valence-electron chi connectivity index (χ2n) is 10.4. The first kappa shape index (κ1) is 23.8. The number of unbranched alkanes of at least 4 members (excludes halogenated alkanes) is 2. The summed E-state index contributed by atoms with van der Waals surface area (Å²) in [6.07, 6.45) is 6.23. The normalized spacial score (nSPS) is 21.5. The number of nitrogens with zero attached hydrogens (tertiary/aromatic N) is 4. The molecule has 34 heavy (non-hydrogen) atoms. The smallest absolute Gasteiger partial charge is 0.410 e. The van der Waals surface area contributed by atoms with Crippen molar-refractivity contribution in [3.8, 4) is 0 Å². The van der Waals surface area contributed by atoms with E-state index < -0.39 is 5.60 Å². The Labute approximate surface area is 211 Å². The van der Waals surface area contributed by atoms with Crippen molar-refractivity contribution in [3.05, 3.63) is 41.6 Å². The molecular weight excluding hydrogens is 468 g/mol. The van der Waals surface area contributed by atoms with E-state index >= 15 is 0 Å². The van der Waals surface area contributed by atoms with Crippen LogP contribution in [0.5, 0.6) is 0 Å². The van der Waals surface area contributed by atoms with Crippen LogP contribution in [-0.2, 0) is 4.74 Å². The van der Waals surface area contributed by atoms with Crippen LogP contribution in [0.15, 0.2) is 46.3 Å². The van der Waals surface area contributed by atoms with Crippen LogP contribution in [0.2, 0.25) is 5.02 Å². The lowest BCUT2D eigenvalue weighted by atomic mass is 9.88. The number of carbonyl (C=O) groups excluding carboxylic acids is 1. The molecule has 0 N–H and O–H groups in total. The molecule has 3 fully saturated rings. The number of rotatable bonds is 6. The highest BCUT2D eigenvalue weighted by atomic mass is 35.5. The summed E-state index contributed by atoms with van der Waals surface area (Å²) in [5, 5.41) is 0.757. The van der Waals surface area contributed by atoms with Crippen molar-refractivity contribution in [2.24, 2.45) is 0 Å². The zero-order chi connectivity index (χ0) is 23.9. The maximum atomic E-state index is 12.5. The third kappa shape index (κ3) is 5.02. The second kappa shape index (κ2) is 9.59. The summed E-state index contributed by atoms with van der Waals surface area (Å²) in [6, 6.07) is 10.9. The lowest BCUT2D eigenvalue weighted by Gasteiger charge is -2.55. The van der Waals surface area contributed by atoms with E-state index in [1.807, 2.05) is 44.0 Å². The zero-order valence-corrected chi connectivity index (χ0v) is 21.7. The molecule has 0 saturated carbocycles. The molecule has 2 unspecified atom stereocenters. The predicted molar refractivity (Wildman–Crippen MR) is 137 cm³/mol.